The molecule has 1 saturated carbocycles. The molecule has 0 aliphatic heterocycles. The normalized spacial score (nSPS) is 16.0. The van der Waals surface area contributed by atoms with Crippen molar-refractivity contribution in [2.45, 2.75) is 58.5 Å². The molecular formula is C17H29N3. The summed E-state index contributed by atoms with van der Waals surface area (Å²) in [7, 11) is 2.01. The van der Waals surface area contributed by atoms with Crippen molar-refractivity contribution in [2.24, 2.45) is 5.92 Å². The number of rotatable bonds is 7. The molecule has 1 aliphatic rings. The van der Waals surface area contributed by atoms with Crippen molar-refractivity contribution in [2.75, 3.05) is 18.5 Å². The first-order valence-electron chi connectivity index (χ1n) is 8.06. The molecule has 3 heteroatoms. The number of nitrogens with zero attached hydrogens (tertiary/aromatic N) is 2. The molecule has 0 amide bonds. The van der Waals surface area contributed by atoms with Crippen LogP contribution in [-0.4, -0.2) is 24.6 Å². The third kappa shape index (κ3) is 3.95. The number of hydrogen-bond acceptors (Lipinski definition) is 3. The predicted molar refractivity (Wildman–Crippen MR) is 86.1 cm³/mol. The third-order valence-corrected chi connectivity index (χ3v) is 4.28. The molecule has 3 nitrogen and oxygen atoms in total. The van der Waals surface area contributed by atoms with E-state index >= 15 is 0 Å². The Morgan fingerprint density at radius 1 is 1.35 bits per heavy atom. The molecular weight excluding hydrogens is 246 g/mol. The van der Waals surface area contributed by atoms with Gasteiger partial charge in [0.1, 0.15) is 0 Å². The fourth-order valence-electron chi connectivity index (χ4n) is 3.13. The fourth-order valence-corrected chi connectivity index (χ4v) is 3.13. The minimum Gasteiger partial charge on any atom is -0.367 e. The topological polar surface area (TPSA) is 28.2 Å². The summed E-state index contributed by atoms with van der Waals surface area (Å²) in [6.45, 7) is 6.70. The molecule has 0 saturated heterocycles. The Balaban J connectivity index is 2.20. The third-order valence-electron chi connectivity index (χ3n) is 4.28. The van der Waals surface area contributed by atoms with Gasteiger partial charge in [0.15, 0.2) is 0 Å². The summed E-state index contributed by atoms with van der Waals surface area (Å²) in [4.78, 5) is 7.01. The van der Waals surface area contributed by atoms with E-state index in [1.807, 2.05) is 13.2 Å². The van der Waals surface area contributed by atoms with E-state index in [1.54, 1.807) is 0 Å². The Bertz CT molecular complexity index is 397. The molecule has 0 spiro atoms. The average molecular weight is 275 g/mol. The lowest BCUT2D eigenvalue weighted by atomic mass is 10.1. The molecule has 0 aromatic carbocycles. The van der Waals surface area contributed by atoms with Crippen LogP contribution in [0.1, 0.15) is 51.5 Å². The van der Waals surface area contributed by atoms with E-state index < -0.39 is 0 Å². The first-order valence-corrected chi connectivity index (χ1v) is 8.06. The number of pyridine rings is 1. The monoisotopic (exact) mass is 275 g/mol. The molecule has 2 rings (SSSR count). The molecule has 0 atom stereocenters. The minimum atomic E-state index is 0.716. The quantitative estimate of drug-likeness (QED) is 0.824. The van der Waals surface area contributed by atoms with Crippen LogP contribution in [-0.2, 0) is 6.54 Å². The van der Waals surface area contributed by atoms with Gasteiger partial charge in [0.05, 0.1) is 11.9 Å². The van der Waals surface area contributed by atoms with E-state index in [-0.39, 0.29) is 0 Å². The lowest BCUT2D eigenvalue weighted by Crippen LogP contribution is -2.35. The molecule has 0 radical (unpaired) electrons. The maximum Gasteiger partial charge on any atom is 0.0600 e. The highest BCUT2D eigenvalue weighted by atomic mass is 15.2. The van der Waals surface area contributed by atoms with Crippen molar-refractivity contribution < 1.29 is 0 Å². The van der Waals surface area contributed by atoms with Crippen molar-refractivity contribution in [3.8, 4) is 0 Å². The Labute approximate surface area is 123 Å². The Morgan fingerprint density at radius 2 is 2.10 bits per heavy atom. The second-order valence-electron chi connectivity index (χ2n) is 6.35. The summed E-state index contributed by atoms with van der Waals surface area (Å²) in [6.07, 6.45) is 10.7. The van der Waals surface area contributed by atoms with Crippen LogP contribution in [0, 0.1) is 5.92 Å². The van der Waals surface area contributed by atoms with Crippen molar-refractivity contribution in [3.63, 3.8) is 0 Å². The SMILES string of the molecule is CNCc1ccncc1N(CCC(C)C)C1CCCC1. The van der Waals surface area contributed by atoms with Gasteiger partial charge in [0.2, 0.25) is 0 Å². The van der Waals surface area contributed by atoms with Crippen LogP contribution in [0.25, 0.3) is 0 Å². The molecule has 0 bridgehead atoms. The summed E-state index contributed by atoms with van der Waals surface area (Å²) >= 11 is 0. The van der Waals surface area contributed by atoms with Crippen molar-refractivity contribution in [1.29, 1.82) is 0 Å². The first kappa shape index (κ1) is 15.3. The summed E-state index contributed by atoms with van der Waals surface area (Å²) in [5.74, 6) is 0.753. The molecule has 1 fully saturated rings. The molecule has 1 aromatic rings. The van der Waals surface area contributed by atoms with Gasteiger partial charge >= 0.3 is 0 Å². The van der Waals surface area contributed by atoms with Crippen LogP contribution in [0.4, 0.5) is 5.69 Å². The molecule has 1 N–H and O–H groups in total. The van der Waals surface area contributed by atoms with Gasteiger partial charge in [0, 0.05) is 25.3 Å². The molecule has 1 aromatic heterocycles. The smallest absolute Gasteiger partial charge is 0.0600 e. The first-order chi connectivity index (χ1) is 9.72. The Morgan fingerprint density at radius 3 is 2.75 bits per heavy atom. The van der Waals surface area contributed by atoms with Crippen LogP contribution >= 0.6 is 0 Å². The number of nitrogens with one attached hydrogen (secondary N) is 1. The summed E-state index contributed by atoms with van der Waals surface area (Å²) in [5, 5.41) is 3.28. The van der Waals surface area contributed by atoms with Crippen LogP contribution in [0.15, 0.2) is 18.5 Å². The van der Waals surface area contributed by atoms with Gasteiger partial charge in [-0.2, -0.15) is 0 Å². The second kappa shape index (κ2) is 7.63. The zero-order valence-electron chi connectivity index (χ0n) is 13.2. The van der Waals surface area contributed by atoms with E-state index in [4.69, 9.17) is 0 Å². The van der Waals surface area contributed by atoms with E-state index in [0.29, 0.717) is 6.04 Å². The summed E-state index contributed by atoms with van der Waals surface area (Å²) in [6, 6.07) is 2.87. The van der Waals surface area contributed by atoms with E-state index in [1.165, 1.54) is 43.4 Å². The van der Waals surface area contributed by atoms with Gasteiger partial charge in [-0.1, -0.05) is 26.7 Å². The zero-order valence-corrected chi connectivity index (χ0v) is 13.2. The standard InChI is InChI=1S/C17H29N3/c1-14(2)9-11-20(16-6-4-5-7-16)17-13-19-10-8-15(17)12-18-3/h8,10,13-14,16,18H,4-7,9,11-12H2,1-3H3. The minimum absolute atomic E-state index is 0.716. The Hall–Kier alpha value is -1.09. The second-order valence-corrected chi connectivity index (χ2v) is 6.35. The van der Waals surface area contributed by atoms with Crippen LogP contribution in [0.2, 0.25) is 0 Å². The van der Waals surface area contributed by atoms with Crippen LogP contribution in [0.3, 0.4) is 0 Å². The largest absolute Gasteiger partial charge is 0.367 e. The van der Waals surface area contributed by atoms with E-state index in [9.17, 15) is 0 Å². The van der Waals surface area contributed by atoms with Gasteiger partial charge in [-0.15, -0.1) is 0 Å². The zero-order chi connectivity index (χ0) is 14.4. The lowest BCUT2D eigenvalue weighted by molar-refractivity contribution is 0.526. The highest BCUT2D eigenvalue weighted by Gasteiger charge is 2.24. The average Bonchev–Trinajstić information content (AvgIpc) is 2.95. The number of hydrogen-bond donors (Lipinski definition) is 1. The van der Waals surface area contributed by atoms with E-state index in [2.05, 4.69) is 41.3 Å². The summed E-state index contributed by atoms with van der Waals surface area (Å²) in [5.41, 5.74) is 2.72. The highest BCUT2D eigenvalue weighted by molar-refractivity contribution is 5.52. The van der Waals surface area contributed by atoms with Gasteiger partial charge in [-0.3, -0.25) is 4.98 Å². The van der Waals surface area contributed by atoms with Crippen molar-refractivity contribution in [1.82, 2.24) is 10.3 Å². The van der Waals surface area contributed by atoms with E-state index in [0.717, 1.165) is 19.0 Å². The van der Waals surface area contributed by atoms with Gasteiger partial charge in [-0.25, -0.2) is 0 Å². The molecule has 1 aliphatic carbocycles. The number of aromatic nitrogens is 1. The summed E-state index contributed by atoms with van der Waals surface area (Å²) < 4.78 is 0. The van der Waals surface area contributed by atoms with Crippen molar-refractivity contribution in [3.05, 3.63) is 24.0 Å². The van der Waals surface area contributed by atoms with Crippen LogP contribution < -0.4 is 10.2 Å². The predicted octanol–water partition coefficient (Wildman–Crippen LogP) is 3.60. The van der Waals surface area contributed by atoms with Gasteiger partial charge in [-0.05, 0) is 43.9 Å². The molecule has 1 heterocycles. The maximum atomic E-state index is 4.38. The Kier molecular flexibility index (Phi) is 5.84. The molecule has 112 valence electrons. The fraction of sp³-hybridized carbons (Fsp3) is 0.706. The lowest BCUT2D eigenvalue weighted by Gasteiger charge is -2.33. The van der Waals surface area contributed by atoms with Crippen LogP contribution in [0.5, 0.6) is 0 Å². The highest BCUT2D eigenvalue weighted by Crippen LogP contribution is 2.30. The molecule has 20 heavy (non-hydrogen) atoms. The molecule has 0 unspecified atom stereocenters. The maximum absolute atomic E-state index is 4.38. The van der Waals surface area contributed by atoms with Crippen molar-refractivity contribution >= 4 is 5.69 Å². The van der Waals surface area contributed by atoms with Gasteiger partial charge in [0.25, 0.3) is 0 Å². The van der Waals surface area contributed by atoms with Gasteiger partial charge < -0.3 is 10.2 Å². The number of anilines is 1.